The normalized spacial score (nSPS) is 38.7. The Balaban J connectivity index is 1.11. The van der Waals surface area contributed by atoms with Crippen LogP contribution >= 0.6 is 0 Å². The van der Waals surface area contributed by atoms with Gasteiger partial charge in [-0.3, -0.25) is 19.2 Å². The second-order valence-electron chi connectivity index (χ2n) is 14.3. The summed E-state index contributed by atoms with van der Waals surface area (Å²) in [6.07, 6.45) is 18.9. The summed E-state index contributed by atoms with van der Waals surface area (Å²) in [5.74, 6) is -1.20. The minimum Gasteiger partial charge on any atom is -0.481 e. The van der Waals surface area contributed by atoms with E-state index in [2.05, 4.69) is 0 Å². The molecule has 2 N–H and O–H groups in total. The maximum atomic E-state index is 13.3. The number of hydrogen-bond donors (Lipinski definition) is 2. The van der Waals surface area contributed by atoms with Gasteiger partial charge in [-0.15, -0.1) is 0 Å². The second kappa shape index (κ2) is 10.9. The topological polar surface area (TPSA) is 115 Å². The van der Waals surface area contributed by atoms with Gasteiger partial charge in [0.2, 0.25) is 11.8 Å². The van der Waals surface area contributed by atoms with Gasteiger partial charge in [-0.05, 0) is 75.0 Å². The highest BCUT2D eigenvalue weighted by Gasteiger charge is 2.73. The van der Waals surface area contributed by atoms with E-state index in [0.29, 0.717) is 62.4 Å². The number of carboxylic acids is 2. The average molecular weight is 557 g/mol. The third-order valence-electron chi connectivity index (χ3n) is 12.1. The van der Waals surface area contributed by atoms with E-state index >= 15 is 0 Å². The maximum Gasteiger partial charge on any atom is 0.309 e. The van der Waals surface area contributed by atoms with Gasteiger partial charge in [0.05, 0.1) is 11.8 Å². The van der Waals surface area contributed by atoms with Gasteiger partial charge in [-0.25, -0.2) is 0 Å². The predicted octanol–water partition coefficient (Wildman–Crippen LogP) is 5.09. The van der Waals surface area contributed by atoms with Crippen molar-refractivity contribution in [3.05, 3.63) is 0 Å². The molecule has 0 aromatic heterocycles. The van der Waals surface area contributed by atoms with E-state index in [1.54, 1.807) is 9.80 Å². The van der Waals surface area contributed by atoms with Gasteiger partial charge in [0.1, 0.15) is 11.1 Å². The molecule has 4 aliphatic carbocycles. The van der Waals surface area contributed by atoms with Crippen molar-refractivity contribution in [1.82, 2.24) is 9.80 Å². The summed E-state index contributed by atoms with van der Waals surface area (Å²) in [5, 5.41) is 20.1. The fraction of sp³-hybridized carbons (Fsp3) is 0.875. The number of carbonyl (C=O) groups is 4. The van der Waals surface area contributed by atoms with Crippen molar-refractivity contribution in [2.75, 3.05) is 13.1 Å². The smallest absolute Gasteiger partial charge is 0.309 e. The Labute approximate surface area is 238 Å². The molecule has 2 spiro atoms. The van der Waals surface area contributed by atoms with Gasteiger partial charge in [-0.2, -0.15) is 0 Å². The van der Waals surface area contributed by atoms with Crippen LogP contribution < -0.4 is 0 Å². The molecule has 40 heavy (non-hydrogen) atoms. The number of hydrogen-bond acceptors (Lipinski definition) is 4. The Hall–Kier alpha value is -2.12. The lowest BCUT2D eigenvalue weighted by Crippen LogP contribution is -2.44. The highest BCUT2D eigenvalue weighted by atomic mass is 16.4. The summed E-state index contributed by atoms with van der Waals surface area (Å²) in [6.45, 7) is 0.623. The average Bonchev–Trinajstić information content (AvgIpc) is 3.70. The van der Waals surface area contributed by atoms with Crippen molar-refractivity contribution in [2.45, 2.75) is 127 Å². The lowest BCUT2D eigenvalue weighted by Gasteiger charge is -2.36. The van der Waals surface area contributed by atoms with Crippen molar-refractivity contribution in [3.63, 3.8) is 0 Å². The maximum absolute atomic E-state index is 13.3. The first-order chi connectivity index (χ1) is 19.3. The van der Waals surface area contributed by atoms with E-state index in [1.807, 2.05) is 0 Å². The molecule has 8 heteroatoms. The minimum absolute atomic E-state index is 0.0785. The molecule has 6 unspecified atom stereocenters. The van der Waals surface area contributed by atoms with Crippen molar-refractivity contribution >= 4 is 23.8 Å². The van der Waals surface area contributed by atoms with E-state index in [9.17, 15) is 29.4 Å². The summed E-state index contributed by atoms with van der Waals surface area (Å²) < 4.78 is 0. The third kappa shape index (κ3) is 4.85. The molecule has 0 bridgehead atoms. The number of carboxylic acid groups (broad SMARTS) is 2. The van der Waals surface area contributed by atoms with Crippen LogP contribution in [0.1, 0.15) is 116 Å². The summed E-state index contributed by atoms with van der Waals surface area (Å²) in [5.41, 5.74) is -1.87. The van der Waals surface area contributed by atoms with Crippen molar-refractivity contribution in [3.8, 4) is 0 Å². The first-order valence-electron chi connectivity index (χ1n) is 16.4. The van der Waals surface area contributed by atoms with Crippen LogP contribution in [-0.2, 0) is 19.2 Å². The molecule has 0 radical (unpaired) electrons. The fourth-order valence-corrected chi connectivity index (χ4v) is 10.0. The first kappa shape index (κ1) is 28.0. The zero-order chi connectivity index (χ0) is 28.1. The predicted molar refractivity (Wildman–Crippen MR) is 148 cm³/mol. The van der Waals surface area contributed by atoms with Crippen LogP contribution in [0.4, 0.5) is 0 Å². The Morgan fingerprint density at radius 2 is 0.950 bits per heavy atom. The number of amides is 2. The van der Waals surface area contributed by atoms with Gasteiger partial charge >= 0.3 is 11.9 Å². The van der Waals surface area contributed by atoms with E-state index in [-0.39, 0.29) is 11.8 Å². The Bertz CT molecular complexity index is 939. The molecule has 6 fully saturated rings. The summed E-state index contributed by atoms with van der Waals surface area (Å²) >= 11 is 0. The summed E-state index contributed by atoms with van der Waals surface area (Å²) in [6, 6.07) is 0. The van der Waals surface area contributed by atoms with Crippen LogP contribution in [0.2, 0.25) is 0 Å². The van der Waals surface area contributed by atoms with Crippen LogP contribution in [0.15, 0.2) is 0 Å². The third-order valence-corrected chi connectivity index (χ3v) is 12.1. The van der Waals surface area contributed by atoms with Gasteiger partial charge in [0.15, 0.2) is 0 Å². The minimum atomic E-state index is -0.933. The number of aliphatic carboxylic acids is 2. The van der Waals surface area contributed by atoms with Gasteiger partial charge < -0.3 is 20.0 Å². The SMILES string of the molecule is O=C(O)C1CCC(CC2CCCCC2)CC12C(=O)N2CCN1C(=O)C12CC(CC1CCCCC1)CCC2C(=O)O. The zero-order valence-corrected chi connectivity index (χ0v) is 24.0. The molecule has 2 heterocycles. The van der Waals surface area contributed by atoms with Crippen LogP contribution in [0, 0.1) is 35.5 Å². The molecule has 6 atom stereocenters. The molecule has 2 saturated heterocycles. The molecule has 2 aliphatic heterocycles. The summed E-state index contributed by atoms with van der Waals surface area (Å²) in [4.78, 5) is 54.6. The quantitative estimate of drug-likeness (QED) is 0.382. The molecule has 0 aromatic rings. The lowest BCUT2D eigenvalue weighted by molar-refractivity contribution is -0.146. The molecular weight excluding hydrogens is 508 g/mol. The molecule has 4 saturated carbocycles. The van der Waals surface area contributed by atoms with E-state index in [1.165, 1.54) is 64.2 Å². The molecule has 2 amide bonds. The van der Waals surface area contributed by atoms with Gasteiger partial charge in [-0.1, -0.05) is 64.2 Å². The molecule has 8 nitrogen and oxygen atoms in total. The first-order valence-corrected chi connectivity index (χ1v) is 16.4. The molecular formula is C32H48N2O6. The molecule has 222 valence electrons. The van der Waals surface area contributed by atoms with Crippen molar-refractivity contribution in [2.24, 2.45) is 35.5 Å². The number of carbonyl (C=O) groups excluding carboxylic acids is 2. The zero-order valence-electron chi connectivity index (χ0n) is 24.0. The number of rotatable bonds is 9. The van der Waals surface area contributed by atoms with Gasteiger partial charge in [0, 0.05) is 13.1 Å². The van der Waals surface area contributed by atoms with Crippen LogP contribution in [0.25, 0.3) is 0 Å². The standard InChI is InChI=1S/C32H48N2O6/c35-27(36)25-13-11-23(17-21-7-3-1-4-8-21)19-31(25)29(39)33(31)15-16-34-30(40)32(34)20-24(12-14-26(32)28(37)38)18-22-9-5-2-6-10-22/h21-26H,1-20H2,(H,35,36)(H,37,38). The van der Waals surface area contributed by atoms with Crippen LogP contribution in [0.5, 0.6) is 0 Å². The Morgan fingerprint density at radius 3 is 1.30 bits per heavy atom. The van der Waals surface area contributed by atoms with Crippen LogP contribution in [-0.4, -0.2) is 67.9 Å². The Morgan fingerprint density at radius 1 is 0.575 bits per heavy atom. The lowest BCUT2D eigenvalue weighted by atomic mass is 9.69. The fourth-order valence-electron chi connectivity index (χ4n) is 10.0. The monoisotopic (exact) mass is 556 g/mol. The second-order valence-corrected chi connectivity index (χ2v) is 14.3. The van der Waals surface area contributed by atoms with E-state index in [4.69, 9.17) is 0 Å². The molecule has 6 aliphatic rings. The van der Waals surface area contributed by atoms with Crippen molar-refractivity contribution in [1.29, 1.82) is 0 Å². The van der Waals surface area contributed by atoms with E-state index in [0.717, 1.165) is 25.7 Å². The highest BCUT2D eigenvalue weighted by Crippen LogP contribution is 2.56. The summed E-state index contributed by atoms with van der Waals surface area (Å²) in [7, 11) is 0. The Kier molecular flexibility index (Phi) is 7.66. The molecule has 6 rings (SSSR count). The van der Waals surface area contributed by atoms with Crippen LogP contribution in [0.3, 0.4) is 0 Å². The number of nitrogens with zero attached hydrogens (tertiary/aromatic N) is 2. The van der Waals surface area contributed by atoms with E-state index < -0.39 is 34.9 Å². The highest BCUT2D eigenvalue weighted by molar-refractivity contribution is 6.07. The molecule has 0 aromatic carbocycles. The van der Waals surface area contributed by atoms with Crippen molar-refractivity contribution < 1.29 is 29.4 Å². The van der Waals surface area contributed by atoms with Gasteiger partial charge in [0.25, 0.3) is 0 Å². The largest absolute Gasteiger partial charge is 0.481 e.